The van der Waals surface area contributed by atoms with Crippen molar-refractivity contribution in [2.45, 2.75) is 73.6 Å². The second-order valence-electron chi connectivity index (χ2n) is 4.30. The molecule has 0 fully saturated rings. The largest absolute Gasteiger partial charge is 0.481 e. The van der Waals surface area contributed by atoms with Crippen LogP contribution in [0.4, 0.5) is 0 Å². The molecular formula is C17H39NO3. The third-order valence-electron chi connectivity index (χ3n) is 2.72. The molecule has 4 nitrogen and oxygen atoms in total. The summed E-state index contributed by atoms with van der Waals surface area (Å²) in [5.41, 5.74) is 0. The number of hydrogen-bond acceptors (Lipinski definition) is 3. The molecule has 1 unspecified atom stereocenters. The van der Waals surface area contributed by atoms with Gasteiger partial charge in [0.1, 0.15) is 0 Å². The van der Waals surface area contributed by atoms with Crippen molar-refractivity contribution in [1.82, 2.24) is 5.32 Å². The third kappa shape index (κ3) is 21.8. The Hall–Kier alpha value is -0.610. The van der Waals surface area contributed by atoms with Crippen LogP contribution in [-0.2, 0) is 9.53 Å². The van der Waals surface area contributed by atoms with Crippen molar-refractivity contribution in [3.63, 3.8) is 0 Å². The van der Waals surface area contributed by atoms with E-state index in [0.717, 1.165) is 26.0 Å². The van der Waals surface area contributed by atoms with Crippen molar-refractivity contribution in [3.8, 4) is 0 Å². The number of nitrogens with one attached hydrogen (secondary N) is 1. The van der Waals surface area contributed by atoms with E-state index in [2.05, 4.69) is 12.2 Å². The van der Waals surface area contributed by atoms with Crippen LogP contribution in [-0.4, -0.2) is 37.4 Å². The number of carbonyl (C=O) groups is 1. The van der Waals surface area contributed by atoms with E-state index in [1.165, 1.54) is 12.8 Å². The number of carboxylic acids is 1. The number of ether oxygens (including phenoxy) is 1. The molecule has 0 saturated carbocycles. The molecule has 21 heavy (non-hydrogen) atoms. The topological polar surface area (TPSA) is 58.6 Å². The summed E-state index contributed by atoms with van der Waals surface area (Å²) >= 11 is 0. The van der Waals surface area contributed by atoms with Crippen molar-refractivity contribution in [1.29, 1.82) is 0 Å². The van der Waals surface area contributed by atoms with Crippen molar-refractivity contribution in [3.05, 3.63) is 0 Å². The van der Waals surface area contributed by atoms with Crippen molar-refractivity contribution in [2.75, 3.05) is 26.3 Å². The van der Waals surface area contributed by atoms with Crippen LogP contribution >= 0.6 is 0 Å². The average Bonchev–Trinajstić information content (AvgIpc) is 2.53. The van der Waals surface area contributed by atoms with E-state index < -0.39 is 5.97 Å². The first kappa shape index (κ1) is 25.3. The zero-order valence-corrected chi connectivity index (χ0v) is 15.2. The number of unbranched alkanes of at least 4 members (excludes halogenated alkanes) is 2. The first-order valence-electron chi connectivity index (χ1n) is 8.73. The monoisotopic (exact) mass is 305 g/mol. The fraction of sp³-hybridized carbons (Fsp3) is 0.941. The maximum absolute atomic E-state index is 10.9. The van der Waals surface area contributed by atoms with Gasteiger partial charge >= 0.3 is 5.97 Å². The standard InChI is InChI=1S/C13H27NO3.2C2H6/c1-3-5-6-9-17-10-7-8-12(13(15)16)11-14-4-2;2*1-2/h12,14H,3-11H2,1-2H3,(H,15,16);2*1-2H3. The number of rotatable bonds is 12. The highest BCUT2D eigenvalue weighted by Gasteiger charge is 2.15. The molecule has 0 aromatic heterocycles. The van der Waals surface area contributed by atoms with Crippen molar-refractivity contribution >= 4 is 5.97 Å². The first-order chi connectivity index (χ1) is 10.2. The van der Waals surface area contributed by atoms with E-state index in [-0.39, 0.29) is 5.92 Å². The molecule has 4 heteroatoms. The van der Waals surface area contributed by atoms with Crippen LogP contribution in [0.15, 0.2) is 0 Å². The predicted octanol–water partition coefficient (Wildman–Crippen LogP) is 4.34. The van der Waals surface area contributed by atoms with Gasteiger partial charge in [0, 0.05) is 19.8 Å². The third-order valence-corrected chi connectivity index (χ3v) is 2.72. The maximum Gasteiger partial charge on any atom is 0.307 e. The molecule has 0 saturated heterocycles. The predicted molar refractivity (Wildman–Crippen MR) is 91.9 cm³/mol. The van der Waals surface area contributed by atoms with Gasteiger partial charge in [0.05, 0.1) is 5.92 Å². The summed E-state index contributed by atoms with van der Waals surface area (Å²) in [5.74, 6) is -0.994. The van der Waals surface area contributed by atoms with E-state index in [0.29, 0.717) is 19.6 Å². The molecule has 0 rings (SSSR count). The molecule has 1 atom stereocenters. The van der Waals surface area contributed by atoms with Crippen LogP contribution in [0.1, 0.15) is 73.6 Å². The molecule has 0 spiro atoms. The van der Waals surface area contributed by atoms with E-state index in [4.69, 9.17) is 9.84 Å². The molecule has 130 valence electrons. The van der Waals surface area contributed by atoms with Gasteiger partial charge in [-0.25, -0.2) is 0 Å². The Morgan fingerprint density at radius 2 is 1.62 bits per heavy atom. The van der Waals surface area contributed by atoms with Crippen molar-refractivity contribution < 1.29 is 14.6 Å². The highest BCUT2D eigenvalue weighted by atomic mass is 16.5. The Balaban J connectivity index is -0.000000739. The molecule has 2 N–H and O–H groups in total. The summed E-state index contributed by atoms with van der Waals surface area (Å²) in [4.78, 5) is 10.9. The SMILES string of the molecule is CC.CC.CCCCCOCCCC(CNCC)C(=O)O. The lowest BCUT2D eigenvalue weighted by molar-refractivity contribution is -0.141. The smallest absolute Gasteiger partial charge is 0.307 e. The Morgan fingerprint density at radius 3 is 2.10 bits per heavy atom. The number of carboxylic acid groups (broad SMARTS) is 1. The van der Waals surface area contributed by atoms with Crippen LogP contribution in [0.2, 0.25) is 0 Å². The molecule has 0 radical (unpaired) electrons. The van der Waals surface area contributed by atoms with Crippen LogP contribution in [0, 0.1) is 5.92 Å². The molecule has 0 aliphatic heterocycles. The highest BCUT2D eigenvalue weighted by molar-refractivity contribution is 5.70. The van der Waals surface area contributed by atoms with Crippen molar-refractivity contribution in [2.24, 2.45) is 5.92 Å². The van der Waals surface area contributed by atoms with Gasteiger partial charge in [-0.05, 0) is 25.8 Å². The minimum atomic E-state index is -0.711. The average molecular weight is 306 g/mol. The van der Waals surface area contributed by atoms with Crippen LogP contribution in [0.5, 0.6) is 0 Å². The van der Waals surface area contributed by atoms with Crippen LogP contribution < -0.4 is 5.32 Å². The second kappa shape index (κ2) is 24.4. The first-order valence-corrected chi connectivity index (χ1v) is 8.73. The van der Waals surface area contributed by atoms with E-state index in [1.54, 1.807) is 0 Å². The van der Waals surface area contributed by atoms with Crippen LogP contribution in [0.25, 0.3) is 0 Å². The van der Waals surface area contributed by atoms with Gasteiger partial charge in [-0.15, -0.1) is 0 Å². The van der Waals surface area contributed by atoms with Gasteiger partial charge in [-0.3, -0.25) is 4.79 Å². The molecule has 0 aliphatic carbocycles. The number of aliphatic carboxylic acids is 1. The molecule has 0 aromatic rings. The molecule has 0 heterocycles. The second-order valence-corrected chi connectivity index (χ2v) is 4.30. The fourth-order valence-corrected chi connectivity index (χ4v) is 1.62. The summed E-state index contributed by atoms with van der Waals surface area (Å²) < 4.78 is 5.46. The van der Waals surface area contributed by atoms with Gasteiger partial charge in [0.15, 0.2) is 0 Å². The summed E-state index contributed by atoms with van der Waals surface area (Å²) in [5, 5.41) is 12.1. The maximum atomic E-state index is 10.9. The zero-order valence-electron chi connectivity index (χ0n) is 15.2. The van der Waals surface area contributed by atoms with Gasteiger partial charge in [0.2, 0.25) is 0 Å². The van der Waals surface area contributed by atoms with Gasteiger partial charge in [-0.2, -0.15) is 0 Å². The van der Waals surface area contributed by atoms with Gasteiger partial charge in [-0.1, -0.05) is 54.4 Å². The van der Waals surface area contributed by atoms with E-state index in [9.17, 15) is 4.79 Å². The summed E-state index contributed by atoms with van der Waals surface area (Å²) in [6.45, 7) is 15.0. The fourth-order valence-electron chi connectivity index (χ4n) is 1.62. The Morgan fingerprint density at radius 1 is 1.05 bits per heavy atom. The van der Waals surface area contributed by atoms with E-state index >= 15 is 0 Å². The molecule has 0 aromatic carbocycles. The molecule has 0 aliphatic rings. The molecule has 0 amide bonds. The summed E-state index contributed by atoms with van der Waals surface area (Å²) in [6, 6.07) is 0. The lowest BCUT2D eigenvalue weighted by Gasteiger charge is -2.12. The summed E-state index contributed by atoms with van der Waals surface area (Å²) in [6.07, 6.45) is 5.03. The quantitative estimate of drug-likeness (QED) is 0.527. The lowest BCUT2D eigenvalue weighted by atomic mass is 10.0. The Kier molecular flexibility index (Phi) is 29.5. The normalized spacial score (nSPS) is 10.8. The molecular weight excluding hydrogens is 266 g/mol. The lowest BCUT2D eigenvalue weighted by Crippen LogP contribution is -2.28. The Bertz CT molecular complexity index is 187. The Labute approximate surface area is 132 Å². The highest BCUT2D eigenvalue weighted by Crippen LogP contribution is 2.06. The summed E-state index contributed by atoms with van der Waals surface area (Å²) in [7, 11) is 0. The zero-order chi connectivity index (χ0) is 16.9. The van der Waals surface area contributed by atoms with Gasteiger partial charge < -0.3 is 15.2 Å². The van der Waals surface area contributed by atoms with E-state index in [1.807, 2.05) is 34.6 Å². The van der Waals surface area contributed by atoms with Crippen LogP contribution in [0.3, 0.4) is 0 Å². The van der Waals surface area contributed by atoms with Gasteiger partial charge in [0.25, 0.3) is 0 Å². The minimum Gasteiger partial charge on any atom is -0.481 e. The minimum absolute atomic E-state index is 0.283. The molecule has 0 bridgehead atoms. The number of hydrogen-bond donors (Lipinski definition) is 2.